The molecule has 2 aromatic rings. The van der Waals surface area contributed by atoms with E-state index in [0.717, 1.165) is 0 Å². The number of primary amides is 2. The van der Waals surface area contributed by atoms with Gasteiger partial charge in [-0.2, -0.15) is 0 Å². The van der Waals surface area contributed by atoms with Crippen molar-refractivity contribution in [3.05, 3.63) is 71.8 Å². The van der Waals surface area contributed by atoms with Gasteiger partial charge in [-0.05, 0) is 11.1 Å². The van der Waals surface area contributed by atoms with E-state index in [-0.39, 0.29) is 0 Å². The highest BCUT2D eigenvalue weighted by molar-refractivity contribution is 5.61. The van der Waals surface area contributed by atoms with Gasteiger partial charge in [0.2, 0.25) is 0 Å². The van der Waals surface area contributed by atoms with E-state index in [2.05, 4.69) is 79.1 Å². The quantitative estimate of drug-likeness (QED) is 0.679. The molecule has 0 heterocycles. The Morgan fingerprint density at radius 3 is 1.23 bits per heavy atom. The Morgan fingerprint density at radius 2 is 1.00 bits per heavy atom. The van der Waals surface area contributed by atoms with Gasteiger partial charge in [0, 0.05) is 5.92 Å². The molecule has 2 rings (SSSR count). The van der Waals surface area contributed by atoms with E-state index in [9.17, 15) is 0 Å². The SMILES string of the molecule is CC(c1ccccc1)c1ccccc1.NC(=O)O.NC(=O)O. The summed E-state index contributed by atoms with van der Waals surface area (Å²) in [6.07, 6.45) is -2.67. The number of rotatable bonds is 2. The third kappa shape index (κ3) is 9.85. The van der Waals surface area contributed by atoms with Gasteiger partial charge in [0.05, 0.1) is 0 Å². The predicted molar refractivity (Wildman–Crippen MR) is 84.8 cm³/mol. The Hall–Kier alpha value is -3.02. The Kier molecular flexibility index (Phi) is 9.26. The van der Waals surface area contributed by atoms with Gasteiger partial charge in [0.1, 0.15) is 0 Å². The van der Waals surface area contributed by atoms with Crippen molar-refractivity contribution in [2.45, 2.75) is 12.8 Å². The number of hydrogen-bond donors (Lipinski definition) is 4. The third-order valence-electron chi connectivity index (χ3n) is 2.60. The molecule has 0 saturated heterocycles. The van der Waals surface area contributed by atoms with Crippen molar-refractivity contribution in [3.8, 4) is 0 Å². The van der Waals surface area contributed by atoms with Crippen molar-refractivity contribution in [3.63, 3.8) is 0 Å². The van der Waals surface area contributed by atoms with Crippen molar-refractivity contribution in [1.82, 2.24) is 0 Å². The highest BCUT2D eigenvalue weighted by Crippen LogP contribution is 2.22. The van der Waals surface area contributed by atoms with Crippen LogP contribution in [0.15, 0.2) is 60.7 Å². The smallest absolute Gasteiger partial charge is 0.402 e. The first-order chi connectivity index (χ1) is 10.3. The van der Waals surface area contributed by atoms with Crippen LogP contribution in [0.5, 0.6) is 0 Å². The van der Waals surface area contributed by atoms with E-state index in [1.807, 2.05) is 0 Å². The van der Waals surface area contributed by atoms with E-state index in [1.165, 1.54) is 11.1 Å². The monoisotopic (exact) mass is 304 g/mol. The molecule has 0 aromatic heterocycles. The molecule has 0 radical (unpaired) electrons. The highest BCUT2D eigenvalue weighted by atomic mass is 16.4. The number of carboxylic acid groups (broad SMARTS) is 2. The van der Waals surface area contributed by atoms with Crippen molar-refractivity contribution < 1.29 is 19.8 Å². The largest absolute Gasteiger partial charge is 0.465 e. The van der Waals surface area contributed by atoms with Gasteiger partial charge in [-0.1, -0.05) is 67.6 Å². The van der Waals surface area contributed by atoms with Gasteiger partial charge in [0.25, 0.3) is 0 Å². The normalized spacial score (nSPS) is 8.82. The Labute approximate surface area is 129 Å². The topological polar surface area (TPSA) is 127 Å². The average Bonchev–Trinajstić information content (AvgIpc) is 2.47. The fourth-order valence-corrected chi connectivity index (χ4v) is 1.68. The summed E-state index contributed by atoms with van der Waals surface area (Å²) in [6, 6.07) is 21.2. The summed E-state index contributed by atoms with van der Waals surface area (Å²) in [4.78, 5) is 17.6. The fourth-order valence-electron chi connectivity index (χ4n) is 1.68. The molecule has 0 atom stereocenters. The number of benzene rings is 2. The van der Waals surface area contributed by atoms with E-state index in [4.69, 9.17) is 19.8 Å². The lowest BCUT2D eigenvalue weighted by Gasteiger charge is -2.11. The van der Waals surface area contributed by atoms with Gasteiger partial charge in [0.15, 0.2) is 0 Å². The van der Waals surface area contributed by atoms with Crippen LogP contribution >= 0.6 is 0 Å². The Bertz CT molecular complexity index is 499. The zero-order valence-electron chi connectivity index (χ0n) is 12.2. The van der Waals surface area contributed by atoms with Crippen LogP contribution < -0.4 is 11.5 Å². The molecule has 0 spiro atoms. The summed E-state index contributed by atoms with van der Waals surface area (Å²) in [5.41, 5.74) is 10.8. The number of nitrogens with two attached hydrogens (primary N) is 2. The highest BCUT2D eigenvalue weighted by Gasteiger charge is 2.05. The van der Waals surface area contributed by atoms with Crippen LogP contribution in [0, 0.1) is 0 Å². The maximum atomic E-state index is 8.78. The summed E-state index contributed by atoms with van der Waals surface area (Å²) in [7, 11) is 0. The molecule has 0 aliphatic rings. The fraction of sp³-hybridized carbons (Fsp3) is 0.125. The summed E-state index contributed by atoms with van der Waals surface area (Å²) in [6.45, 7) is 2.24. The van der Waals surface area contributed by atoms with Crippen molar-refractivity contribution in [2.75, 3.05) is 0 Å². The summed E-state index contributed by atoms with van der Waals surface area (Å²) in [5, 5.41) is 14.4. The van der Waals surface area contributed by atoms with Crippen molar-refractivity contribution in [2.24, 2.45) is 11.5 Å². The number of amides is 2. The molecule has 118 valence electrons. The van der Waals surface area contributed by atoms with Crippen LogP contribution in [0.1, 0.15) is 24.0 Å². The maximum absolute atomic E-state index is 8.78. The minimum absolute atomic E-state index is 0.484. The van der Waals surface area contributed by atoms with Crippen LogP contribution in [0.2, 0.25) is 0 Å². The zero-order valence-corrected chi connectivity index (χ0v) is 12.2. The lowest BCUT2D eigenvalue weighted by atomic mass is 9.93. The van der Waals surface area contributed by atoms with Crippen molar-refractivity contribution in [1.29, 1.82) is 0 Å². The summed E-state index contributed by atoms with van der Waals surface area (Å²) >= 11 is 0. The molecule has 0 saturated carbocycles. The molecular formula is C16H20N2O4. The lowest BCUT2D eigenvalue weighted by Crippen LogP contribution is -2.03. The zero-order chi connectivity index (χ0) is 17.0. The first-order valence-corrected chi connectivity index (χ1v) is 6.41. The number of carbonyl (C=O) groups is 2. The van der Waals surface area contributed by atoms with Gasteiger partial charge in [-0.25, -0.2) is 9.59 Å². The van der Waals surface area contributed by atoms with Crippen LogP contribution in [0.4, 0.5) is 9.59 Å². The van der Waals surface area contributed by atoms with E-state index < -0.39 is 12.2 Å². The molecule has 0 aliphatic carbocycles. The van der Waals surface area contributed by atoms with Gasteiger partial charge < -0.3 is 21.7 Å². The molecule has 6 heteroatoms. The van der Waals surface area contributed by atoms with Crippen LogP contribution in [-0.4, -0.2) is 22.4 Å². The van der Waals surface area contributed by atoms with Gasteiger partial charge in [-0.15, -0.1) is 0 Å². The molecule has 0 aliphatic heterocycles. The van der Waals surface area contributed by atoms with Crippen LogP contribution in [0.3, 0.4) is 0 Å². The predicted octanol–water partition coefficient (Wildman–Crippen LogP) is 3.08. The van der Waals surface area contributed by atoms with Gasteiger partial charge >= 0.3 is 12.2 Å². The molecule has 0 bridgehead atoms. The minimum Gasteiger partial charge on any atom is -0.465 e. The molecule has 22 heavy (non-hydrogen) atoms. The second-order valence-electron chi connectivity index (χ2n) is 4.22. The standard InChI is InChI=1S/C14H14.2CH3NO2/c1-12(13-8-4-2-5-9-13)14-10-6-3-7-11-14;2*2-1(3)4/h2-12H,1H3;2*2H2,(H,3,4). The maximum Gasteiger partial charge on any atom is 0.402 e. The molecular weight excluding hydrogens is 284 g/mol. The third-order valence-corrected chi connectivity index (χ3v) is 2.60. The molecule has 0 unspecified atom stereocenters. The molecule has 2 amide bonds. The van der Waals surface area contributed by atoms with E-state index >= 15 is 0 Å². The van der Waals surface area contributed by atoms with Gasteiger partial charge in [-0.3, -0.25) is 0 Å². The lowest BCUT2D eigenvalue weighted by molar-refractivity contribution is 0.204. The van der Waals surface area contributed by atoms with E-state index in [0.29, 0.717) is 5.92 Å². The van der Waals surface area contributed by atoms with Crippen molar-refractivity contribution >= 4 is 12.2 Å². The summed E-state index contributed by atoms with van der Waals surface area (Å²) in [5.74, 6) is 0.484. The Balaban J connectivity index is 0.000000464. The number of hydrogen-bond acceptors (Lipinski definition) is 2. The van der Waals surface area contributed by atoms with Crippen LogP contribution in [-0.2, 0) is 0 Å². The Morgan fingerprint density at radius 1 is 0.773 bits per heavy atom. The first kappa shape index (κ1) is 19.0. The second kappa shape index (κ2) is 10.7. The van der Waals surface area contributed by atoms with Crippen LogP contribution in [0.25, 0.3) is 0 Å². The molecule has 6 N–H and O–H groups in total. The summed E-state index contributed by atoms with van der Waals surface area (Å²) < 4.78 is 0. The molecule has 0 fully saturated rings. The average molecular weight is 304 g/mol. The first-order valence-electron chi connectivity index (χ1n) is 6.41. The minimum atomic E-state index is -1.33. The molecule has 2 aromatic carbocycles. The molecule has 6 nitrogen and oxygen atoms in total. The van der Waals surface area contributed by atoms with E-state index in [1.54, 1.807) is 0 Å². The second-order valence-corrected chi connectivity index (χ2v) is 4.22.